The van der Waals surface area contributed by atoms with E-state index in [0.717, 1.165) is 0 Å². The highest BCUT2D eigenvalue weighted by molar-refractivity contribution is 14.1. The van der Waals surface area contributed by atoms with Gasteiger partial charge in [0.25, 0.3) is 0 Å². The minimum absolute atomic E-state index is 1.24. The highest BCUT2D eigenvalue weighted by Gasteiger charge is 2.24. The molecule has 0 aliphatic carbocycles. The summed E-state index contributed by atoms with van der Waals surface area (Å²) in [6.07, 6.45) is 0. The van der Waals surface area contributed by atoms with Gasteiger partial charge in [0.1, 0.15) is 0 Å². The summed E-state index contributed by atoms with van der Waals surface area (Å²) in [6, 6.07) is 18.5. The van der Waals surface area contributed by atoms with Crippen LogP contribution in [0.25, 0.3) is 78.7 Å². The van der Waals surface area contributed by atoms with Crippen LogP contribution in [0.4, 0.5) is 0 Å². The number of benzene rings is 3. The van der Waals surface area contributed by atoms with Crippen molar-refractivity contribution in [1.29, 1.82) is 0 Å². The number of hydrogen-bond acceptors (Lipinski definition) is 6. The Hall–Kier alpha value is -0.160. The van der Waals surface area contributed by atoms with Crippen molar-refractivity contribution in [1.82, 2.24) is 0 Å². The maximum absolute atomic E-state index is 4.05. The number of halogens is 4. The Kier molecular flexibility index (Phi) is 6.80. The number of aryl methyl sites for hydroxylation is 2. The molecule has 0 nitrogen and oxygen atoms in total. The lowest BCUT2D eigenvalue weighted by Crippen LogP contribution is -1.73. The molecule has 0 radical (unpaired) electrons. The molecule has 206 valence electrons. The minimum atomic E-state index is 1.24. The van der Waals surface area contributed by atoms with Crippen LogP contribution >= 0.6 is 145 Å². The highest BCUT2D eigenvalue weighted by atomic mass is 127. The quantitative estimate of drug-likeness (QED) is 0.151. The fraction of sp³-hybridized carbons (Fsp3) is 0.0625. The smallest absolute Gasteiger partial charge is 0.0617 e. The molecule has 42 heavy (non-hydrogen) atoms. The molecule has 0 unspecified atom stereocenters. The second-order valence-corrected chi connectivity index (χ2v) is 20.3. The van der Waals surface area contributed by atoms with Crippen LogP contribution in [0.5, 0.6) is 0 Å². The molecule has 0 bridgehead atoms. The molecule has 0 amide bonds. The molecule has 0 saturated heterocycles. The first-order valence-corrected chi connectivity index (χ1v) is 21.5. The summed E-state index contributed by atoms with van der Waals surface area (Å²) in [6.45, 7) is 4.35. The number of hydrogen-bond donors (Lipinski definition) is 0. The van der Waals surface area contributed by atoms with Gasteiger partial charge in [0.2, 0.25) is 0 Å². The monoisotopic (exact) mass is 1000 g/mol. The summed E-state index contributed by atoms with van der Waals surface area (Å²) in [5, 5.41) is 5.48. The zero-order chi connectivity index (χ0) is 28.6. The minimum Gasteiger partial charge on any atom is -0.133 e. The third-order valence-electron chi connectivity index (χ3n) is 7.60. The highest BCUT2D eigenvalue weighted by Crippen LogP contribution is 2.56. The van der Waals surface area contributed by atoms with Crippen LogP contribution in [-0.4, -0.2) is 0 Å². The molecule has 3 aromatic carbocycles. The molecule has 0 saturated carbocycles. The van der Waals surface area contributed by atoms with Crippen molar-refractivity contribution >= 4 is 204 Å². The average Bonchev–Trinajstić information content (AvgIpc) is 3.78. The molecule has 6 aromatic heterocycles. The van der Waals surface area contributed by atoms with E-state index in [0.29, 0.717) is 0 Å². The molecule has 0 spiro atoms. The van der Waals surface area contributed by atoms with Crippen LogP contribution in [-0.2, 0) is 0 Å². The van der Waals surface area contributed by atoms with Crippen molar-refractivity contribution < 1.29 is 0 Å². The molecule has 9 rings (SSSR count). The molecule has 10 heteroatoms. The van der Waals surface area contributed by atoms with Crippen molar-refractivity contribution in [3.05, 3.63) is 75.7 Å². The molecule has 0 fully saturated rings. The Bertz CT molecular complexity index is 2420. The summed E-state index contributed by atoms with van der Waals surface area (Å²) in [5.74, 6) is 0. The van der Waals surface area contributed by atoms with E-state index >= 15 is 0 Å². The Labute approximate surface area is 308 Å². The molecular weight excluding hydrogens is 990 g/mol. The summed E-state index contributed by atoms with van der Waals surface area (Å²) >= 11 is 24.7. The molecule has 0 atom stereocenters. The molecule has 0 aliphatic heterocycles. The second kappa shape index (κ2) is 10.2. The Morgan fingerprint density at radius 1 is 0.452 bits per heavy atom. The molecule has 6 heterocycles. The van der Waals surface area contributed by atoms with E-state index in [-0.39, 0.29) is 0 Å². The normalized spacial score (nSPS) is 12.5. The van der Waals surface area contributed by atoms with E-state index in [1.807, 2.05) is 68.0 Å². The summed E-state index contributed by atoms with van der Waals surface area (Å²) in [7, 11) is 0. The van der Waals surface area contributed by atoms with E-state index in [4.69, 9.17) is 0 Å². The fourth-order valence-corrected chi connectivity index (χ4v) is 18.5. The van der Waals surface area contributed by atoms with Gasteiger partial charge in [-0.25, -0.2) is 0 Å². The molecule has 0 N–H and O–H groups in total. The second-order valence-electron chi connectivity index (χ2n) is 10.3. The van der Waals surface area contributed by atoms with Crippen LogP contribution < -0.4 is 0 Å². The summed E-state index contributed by atoms with van der Waals surface area (Å²) in [4.78, 5) is 5.47. The fourth-order valence-electron chi connectivity index (χ4n) is 5.56. The topological polar surface area (TPSA) is 0 Å². The van der Waals surface area contributed by atoms with Crippen molar-refractivity contribution in [2.45, 2.75) is 13.8 Å². The van der Waals surface area contributed by atoms with Gasteiger partial charge >= 0.3 is 0 Å². The first-order valence-electron chi connectivity index (χ1n) is 12.8. The van der Waals surface area contributed by atoms with Crippen LogP contribution in [0.1, 0.15) is 11.1 Å². The van der Waals surface area contributed by atoms with Gasteiger partial charge in [0.05, 0.1) is 47.3 Å². The lowest BCUT2D eigenvalue weighted by atomic mass is 10.2. The van der Waals surface area contributed by atoms with E-state index in [9.17, 15) is 0 Å². The van der Waals surface area contributed by atoms with Crippen LogP contribution in [0.3, 0.4) is 0 Å². The maximum atomic E-state index is 4.05. The standard InChI is InChI=1S/C32H14Br2I2S6/c1-11-3-5-13-17(7-11)39-31(23(13)35)29-21(33)27-25(41-29)15-9-20-16(10-19(15)37-27)26-28(38-20)22(34)30(42-26)32-24(36)14-6-4-12(2)8-18(14)40-32/h3-10H,1-2H3. The molecular formula is C32H14Br2I2S6. The van der Waals surface area contributed by atoms with E-state index in [1.54, 1.807) is 0 Å². The molecule has 9 aromatic rings. The Morgan fingerprint density at radius 2 is 0.857 bits per heavy atom. The third-order valence-corrected chi connectivity index (χ3v) is 20.9. The number of rotatable bonds is 2. The van der Waals surface area contributed by atoms with Gasteiger partial charge in [-0.3, -0.25) is 0 Å². The number of fused-ring (bicyclic) bond motifs is 8. The van der Waals surface area contributed by atoms with Gasteiger partial charge in [-0.2, -0.15) is 0 Å². The lowest BCUT2D eigenvalue weighted by Gasteiger charge is -1.98. The predicted molar refractivity (Wildman–Crippen MR) is 220 cm³/mol. The van der Waals surface area contributed by atoms with Crippen molar-refractivity contribution in [3.8, 4) is 19.5 Å². The van der Waals surface area contributed by atoms with E-state index in [1.165, 1.54) is 106 Å². The SMILES string of the molecule is Cc1ccc2c(I)c(-c3sc4c(sc5cc6c(cc54)sc4c(Br)c(-c5sc7cc(C)ccc7c5I)sc46)c3Br)sc2c1. The van der Waals surface area contributed by atoms with Gasteiger partial charge in [0, 0.05) is 47.5 Å². The summed E-state index contributed by atoms with van der Waals surface area (Å²) in [5.41, 5.74) is 2.63. The van der Waals surface area contributed by atoms with Crippen LogP contribution in [0, 0.1) is 21.0 Å². The van der Waals surface area contributed by atoms with E-state index in [2.05, 4.69) is 139 Å². The zero-order valence-corrected chi connectivity index (χ0v) is 34.0. The van der Waals surface area contributed by atoms with Crippen molar-refractivity contribution in [3.63, 3.8) is 0 Å². The van der Waals surface area contributed by atoms with Gasteiger partial charge in [0.15, 0.2) is 0 Å². The van der Waals surface area contributed by atoms with Gasteiger partial charge in [-0.1, -0.05) is 24.3 Å². The van der Waals surface area contributed by atoms with Gasteiger partial charge < -0.3 is 0 Å². The van der Waals surface area contributed by atoms with Crippen molar-refractivity contribution in [2.24, 2.45) is 0 Å². The van der Waals surface area contributed by atoms with Crippen molar-refractivity contribution in [2.75, 3.05) is 0 Å². The number of thiophene rings is 6. The summed E-state index contributed by atoms with van der Waals surface area (Å²) < 4.78 is 16.2. The average molecular weight is 1000 g/mol. The van der Waals surface area contributed by atoms with E-state index < -0.39 is 0 Å². The van der Waals surface area contributed by atoms with Gasteiger partial charge in [-0.05, 0) is 126 Å². The van der Waals surface area contributed by atoms with Gasteiger partial charge in [-0.15, -0.1) is 68.0 Å². The molecule has 0 aliphatic rings. The first kappa shape index (κ1) is 28.1. The third kappa shape index (κ3) is 4.05. The largest absolute Gasteiger partial charge is 0.133 e. The first-order chi connectivity index (χ1) is 20.3. The van der Waals surface area contributed by atoms with Crippen LogP contribution in [0.2, 0.25) is 0 Å². The van der Waals surface area contributed by atoms with Crippen LogP contribution in [0.15, 0.2) is 57.5 Å². The lowest BCUT2D eigenvalue weighted by molar-refractivity contribution is 1.52. The zero-order valence-electron chi connectivity index (χ0n) is 21.6. The maximum Gasteiger partial charge on any atom is 0.0617 e. The Balaban J connectivity index is 1.22. The Morgan fingerprint density at radius 3 is 1.29 bits per heavy atom. The predicted octanol–water partition coefficient (Wildman–Crippen LogP) is 15.7.